The van der Waals surface area contributed by atoms with Crippen LogP contribution in [0.15, 0.2) is 36.3 Å². The summed E-state index contributed by atoms with van der Waals surface area (Å²) in [6.45, 7) is 13.1. The number of hydrogen-bond donors (Lipinski definition) is 0. The fraction of sp³-hybridized carbons (Fsp3) is 0.667. The minimum atomic E-state index is -2.51. The lowest BCUT2D eigenvalue weighted by Gasteiger charge is -2.20. The van der Waals surface area contributed by atoms with Crippen LogP contribution in [0, 0.1) is 11.8 Å². The van der Waals surface area contributed by atoms with E-state index in [0.717, 1.165) is 19.8 Å². The van der Waals surface area contributed by atoms with Gasteiger partial charge in [0, 0.05) is 5.92 Å². The summed E-state index contributed by atoms with van der Waals surface area (Å²) in [6, 6.07) is 0. The average molecular weight is 354 g/mol. The zero-order chi connectivity index (χ0) is 19.5. The van der Waals surface area contributed by atoms with Crippen LogP contribution < -0.4 is 0 Å². The standard InChI is InChI=1S/C10H20F2.C8H10F2O2/c1-5-8(2)6-7-9(3)10(4,11)12;1-5(11-3)7(9)8(10)6(2)12-4/h8-9H,5-7H2,1-4H3;1-2H2,3-4H3/b;8-7-. The minimum absolute atomic E-state index is 0.397. The topological polar surface area (TPSA) is 18.5 Å². The molecule has 0 aromatic carbocycles. The summed E-state index contributed by atoms with van der Waals surface area (Å²) in [5.74, 6) is -5.61. The Balaban J connectivity index is 0. The molecular weight excluding hydrogens is 324 g/mol. The normalized spacial score (nSPS) is 14.6. The molecule has 0 aliphatic rings. The van der Waals surface area contributed by atoms with Gasteiger partial charge in [-0.2, -0.15) is 8.78 Å². The van der Waals surface area contributed by atoms with Gasteiger partial charge in [0.2, 0.25) is 17.6 Å². The lowest BCUT2D eigenvalue weighted by molar-refractivity contribution is -0.0370. The fourth-order valence-corrected chi connectivity index (χ4v) is 1.42. The van der Waals surface area contributed by atoms with Gasteiger partial charge in [0.15, 0.2) is 11.5 Å². The summed E-state index contributed by atoms with van der Waals surface area (Å²) in [5.41, 5.74) is 0. The van der Waals surface area contributed by atoms with Crippen molar-refractivity contribution in [2.75, 3.05) is 14.2 Å². The number of halogens is 4. The molecule has 0 aromatic heterocycles. The van der Waals surface area contributed by atoms with Gasteiger partial charge in [0.25, 0.3) is 0 Å². The Bertz CT molecular complexity index is 401. The molecule has 0 heterocycles. The Morgan fingerprint density at radius 1 is 0.958 bits per heavy atom. The maximum atomic E-state index is 12.8. The van der Waals surface area contributed by atoms with Crippen molar-refractivity contribution in [2.24, 2.45) is 11.8 Å². The number of alkyl halides is 2. The molecule has 2 atom stereocenters. The highest BCUT2D eigenvalue weighted by molar-refractivity contribution is 5.28. The summed E-state index contributed by atoms with van der Waals surface area (Å²) < 4.78 is 59.6. The molecule has 0 aliphatic carbocycles. The molecule has 0 rings (SSSR count). The molecule has 0 spiro atoms. The molecule has 0 N–H and O–H groups in total. The lowest BCUT2D eigenvalue weighted by Crippen LogP contribution is -2.21. The van der Waals surface area contributed by atoms with E-state index in [-0.39, 0.29) is 0 Å². The molecule has 0 aromatic rings. The van der Waals surface area contributed by atoms with Crippen molar-refractivity contribution in [2.45, 2.75) is 52.9 Å². The SMILES string of the molecule is C=C(OC)/C(F)=C(/F)C(=C)OC.CCC(C)CCC(C)C(C)(F)F. The molecule has 0 saturated carbocycles. The first-order valence-corrected chi connectivity index (χ1v) is 7.81. The van der Waals surface area contributed by atoms with E-state index >= 15 is 0 Å². The third-order valence-electron chi connectivity index (χ3n) is 3.83. The van der Waals surface area contributed by atoms with Gasteiger partial charge >= 0.3 is 0 Å². The lowest BCUT2D eigenvalue weighted by atomic mass is 9.93. The van der Waals surface area contributed by atoms with Gasteiger partial charge in [-0.3, -0.25) is 0 Å². The second-order valence-corrected chi connectivity index (χ2v) is 5.83. The molecular formula is C18H30F4O2. The summed E-state index contributed by atoms with van der Waals surface area (Å²) >= 11 is 0. The van der Waals surface area contributed by atoms with E-state index in [2.05, 4.69) is 36.5 Å². The van der Waals surface area contributed by atoms with Crippen molar-refractivity contribution < 1.29 is 27.0 Å². The first kappa shape index (κ1) is 24.8. The third kappa shape index (κ3) is 10.3. The highest BCUT2D eigenvalue weighted by atomic mass is 19.3. The molecule has 6 heteroatoms. The predicted molar refractivity (Wildman–Crippen MR) is 90.0 cm³/mol. The monoisotopic (exact) mass is 354 g/mol. The Kier molecular flexibility index (Phi) is 12.4. The van der Waals surface area contributed by atoms with Gasteiger partial charge in [0.1, 0.15) is 0 Å². The molecule has 0 radical (unpaired) electrons. The second-order valence-electron chi connectivity index (χ2n) is 5.83. The van der Waals surface area contributed by atoms with Crippen LogP contribution in [-0.4, -0.2) is 20.1 Å². The molecule has 2 nitrogen and oxygen atoms in total. The first-order chi connectivity index (χ1) is 10.9. The highest BCUT2D eigenvalue weighted by Gasteiger charge is 2.29. The predicted octanol–water partition coefficient (Wildman–Crippen LogP) is 6.56. The first-order valence-electron chi connectivity index (χ1n) is 7.81. The van der Waals surface area contributed by atoms with Crippen LogP contribution in [0.4, 0.5) is 17.6 Å². The fourth-order valence-electron chi connectivity index (χ4n) is 1.42. The van der Waals surface area contributed by atoms with Gasteiger partial charge < -0.3 is 9.47 Å². The van der Waals surface area contributed by atoms with Crippen molar-refractivity contribution in [3.63, 3.8) is 0 Å². The molecule has 2 unspecified atom stereocenters. The van der Waals surface area contributed by atoms with Gasteiger partial charge in [-0.05, 0) is 19.3 Å². The van der Waals surface area contributed by atoms with Crippen molar-refractivity contribution in [3.8, 4) is 0 Å². The number of ether oxygens (including phenoxy) is 2. The third-order valence-corrected chi connectivity index (χ3v) is 3.83. The highest BCUT2D eigenvalue weighted by Crippen LogP contribution is 2.28. The van der Waals surface area contributed by atoms with Gasteiger partial charge in [0.05, 0.1) is 14.2 Å². The van der Waals surface area contributed by atoms with Crippen LogP contribution in [0.1, 0.15) is 47.0 Å². The van der Waals surface area contributed by atoms with Gasteiger partial charge in [-0.15, -0.1) is 0 Å². The van der Waals surface area contributed by atoms with Crippen LogP contribution >= 0.6 is 0 Å². The zero-order valence-electron chi connectivity index (χ0n) is 15.5. The molecule has 0 bridgehead atoms. The smallest absolute Gasteiger partial charge is 0.247 e. The number of allylic oxidation sites excluding steroid dienone is 2. The van der Waals surface area contributed by atoms with E-state index in [9.17, 15) is 17.6 Å². The van der Waals surface area contributed by atoms with Crippen molar-refractivity contribution in [1.82, 2.24) is 0 Å². The maximum absolute atomic E-state index is 12.8. The number of rotatable bonds is 9. The number of hydrogen-bond acceptors (Lipinski definition) is 2. The maximum Gasteiger partial charge on any atom is 0.247 e. The van der Waals surface area contributed by atoms with Crippen LogP contribution in [0.3, 0.4) is 0 Å². The molecule has 142 valence electrons. The number of methoxy groups -OCH3 is 2. The van der Waals surface area contributed by atoms with Crippen LogP contribution in [0.25, 0.3) is 0 Å². The van der Waals surface area contributed by atoms with Gasteiger partial charge in [-0.1, -0.05) is 46.8 Å². The minimum Gasteiger partial charge on any atom is -0.494 e. The quantitative estimate of drug-likeness (QED) is 0.265. The second kappa shape index (κ2) is 12.0. The van der Waals surface area contributed by atoms with Crippen LogP contribution in [0.2, 0.25) is 0 Å². The molecule has 24 heavy (non-hydrogen) atoms. The van der Waals surface area contributed by atoms with E-state index in [1.807, 2.05) is 0 Å². The van der Waals surface area contributed by atoms with E-state index in [1.54, 1.807) is 6.92 Å². The van der Waals surface area contributed by atoms with Crippen molar-refractivity contribution in [3.05, 3.63) is 36.3 Å². The molecule has 0 amide bonds. The summed E-state index contributed by atoms with van der Waals surface area (Å²) in [7, 11) is 2.37. The Morgan fingerprint density at radius 2 is 1.33 bits per heavy atom. The Labute approximate surface area is 143 Å². The molecule has 0 fully saturated rings. The zero-order valence-corrected chi connectivity index (χ0v) is 15.5. The summed E-state index contributed by atoms with van der Waals surface area (Å²) in [4.78, 5) is 0. The largest absolute Gasteiger partial charge is 0.494 e. The van der Waals surface area contributed by atoms with E-state index in [1.165, 1.54) is 14.2 Å². The van der Waals surface area contributed by atoms with Crippen molar-refractivity contribution in [1.29, 1.82) is 0 Å². The molecule has 0 saturated heterocycles. The average Bonchev–Trinajstić information content (AvgIpc) is 2.55. The Hall–Kier alpha value is -1.46. The van der Waals surface area contributed by atoms with E-state index in [4.69, 9.17) is 0 Å². The van der Waals surface area contributed by atoms with Gasteiger partial charge in [-0.25, -0.2) is 8.78 Å². The molecule has 0 aliphatic heterocycles. The Morgan fingerprint density at radius 3 is 1.58 bits per heavy atom. The van der Waals surface area contributed by atoms with E-state index < -0.39 is 35.0 Å². The van der Waals surface area contributed by atoms with Crippen LogP contribution in [0.5, 0.6) is 0 Å². The summed E-state index contributed by atoms with van der Waals surface area (Å²) in [5, 5.41) is 0. The van der Waals surface area contributed by atoms with E-state index in [0.29, 0.717) is 12.3 Å². The van der Waals surface area contributed by atoms with Crippen LogP contribution in [-0.2, 0) is 9.47 Å². The van der Waals surface area contributed by atoms with Crippen molar-refractivity contribution >= 4 is 0 Å². The summed E-state index contributed by atoms with van der Waals surface area (Å²) in [6.07, 6.45) is 2.64.